The Morgan fingerprint density at radius 1 is 0.768 bits per heavy atom. The van der Waals surface area contributed by atoms with Crippen LogP contribution in [0.3, 0.4) is 0 Å². The van der Waals surface area contributed by atoms with Gasteiger partial charge in [-0.2, -0.15) is 17.7 Å². The number of likely N-dealkylation sites (N-methyl/N-ethyl adjacent to an activating group) is 1. The normalized spacial score (nSPS) is 28.5. The fourth-order valence-electron chi connectivity index (χ4n) is 9.04. The summed E-state index contributed by atoms with van der Waals surface area (Å²) < 4.78 is 51.4. The van der Waals surface area contributed by atoms with Gasteiger partial charge in [0.15, 0.2) is 25.1 Å². The molecule has 19 N–H and O–H groups in total. The van der Waals surface area contributed by atoms with Crippen LogP contribution in [0.15, 0.2) is 0 Å². The van der Waals surface area contributed by atoms with Crippen LogP contribution >= 0.6 is 12.6 Å². The third-order valence-corrected chi connectivity index (χ3v) is 13.6. The number of carboxylic acids is 1. The molecule has 0 spiro atoms. The molecule has 0 aliphatic carbocycles. The Kier molecular flexibility index (Phi) is 34.6. The second-order valence-corrected chi connectivity index (χ2v) is 19.8. The quantitative estimate of drug-likeness (QED) is 0.0117. The van der Waals surface area contributed by atoms with Crippen molar-refractivity contribution in [2.24, 2.45) is 0 Å². The number of methoxy groups -OCH3 is 3. The molecule has 0 aromatic carbocycles. The van der Waals surface area contributed by atoms with Crippen molar-refractivity contribution in [1.29, 1.82) is 0 Å². The maximum absolute atomic E-state index is 13.1. The van der Waals surface area contributed by atoms with Crippen LogP contribution in [0.25, 0.3) is 0 Å². The van der Waals surface area contributed by atoms with Gasteiger partial charge in [-0.25, -0.2) is 4.79 Å². The minimum Gasteiger partial charge on any atom is -0.477 e. The summed E-state index contributed by atoms with van der Waals surface area (Å²) in [5, 5.41) is 182. The molecule has 0 aromatic rings. The second-order valence-electron chi connectivity index (χ2n) is 19.3. The topological polar surface area (TPSA) is 524 Å². The second kappa shape index (κ2) is 37.7. The SMILES string of the molecule is CO[C@@H](OC(C(NC(C)=O)[C@@H](OC)O[C@H]1C(CO)O[C@@H](O[C@H](CCO)C(O)C(O)[C@@H](OC)N(C)OCCNC(=O)CCCS)C(O)C1O)[C@@H](O)CCO)C(O)C(O[C@]1(C(=O)O)CC(O)[C@@H](NC(C)=O)C(C(O)[C@H](O)CO)O1)[C@@H](O)CCO. The molecule has 12 unspecified atom stereocenters. The van der Waals surface area contributed by atoms with E-state index in [1.54, 1.807) is 0 Å². The molecular formula is C47H88N4O30S. The molecule has 2 aliphatic rings. The van der Waals surface area contributed by atoms with Crippen LogP contribution in [-0.4, -0.2) is 331 Å². The number of hydrogen-bond acceptors (Lipinski definition) is 31. The summed E-state index contributed by atoms with van der Waals surface area (Å²) in [6.45, 7) is -2.56. The van der Waals surface area contributed by atoms with Crippen molar-refractivity contribution in [3.05, 3.63) is 0 Å². The lowest BCUT2D eigenvalue weighted by Crippen LogP contribution is -2.69. The van der Waals surface area contributed by atoms with Gasteiger partial charge in [-0.1, -0.05) is 0 Å². The highest BCUT2D eigenvalue weighted by atomic mass is 32.1. The van der Waals surface area contributed by atoms with E-state index >= 15 is 0 Å². The van der Waals surface area contributed by atoms with Crippen molar-refractivity contribution in [1.82, 2.24) is 21.0 Å². The number of aliphatic carboxylic acids is 1. The van der Waals surface area contributed by atoms with E-state index in [2.05, 4.69) is 28.6 Å². The van der Waals surface area contributed by atoms with Gasteiger partial charge in [-0.05, 0) is 31.4 Å². The van der Waals surface area contributed by atoms with Crippen LogP contribution in [0.1, 0.15) is 52.4 Å². The maximum Gasteiger partial charge on any atom is 0.364 e. The molecule has 2 aliphatic heterocycles. The smallest absolute Gasteiger partial charge is 0.364 e. The molecule has 2 rings (SSSR count). The highest BCUT2D eigenvalue weighted by Crippen LogP contribution is 2.37. The predicted molar refractivity (Wildman–Crippen MR) is 275 cm³/mol. The number of amides is 3. The first-order valence-corrected chi connectivity index (χ1v) is 26.8. The minimum absolute atomic E-state index is 0.0637. The number of aliphatic hydroxyl groups is 15. The predicted octanol–water partition coefficient (Wildman–Crippen LogP) is -9.82. The van der Waals surface area contributed by atoms with E-state index in [1.165, 1.54) is 14.2 Å². The highest BCUT2D eigenvalue weighted by molar-refractivity contribution is 7.80. The molecule has 2 heterocycles. The van der Waals surface area contributed by atoms with Gasteiger partial charge in [0.1, 0.15) is 79.3 Å². The van der Waals surface area contributed by atoms with Gasteiger partial charge in [0.25, 0.3) is 5.79 Å². The van der Waals surface area contributed by atoms with Crippen molar-refractivity contribution >= 4 is 36.3 Å². The number of ether oxygens (including phenoxy) is 9. The third-order valence-electron chi connectivity index (χ3n) is 13.2. The number of carbonyl (C=O) groups excluding carboxylic acids is 3. The fraction of sp³-hybridized carbons (Fsp3) is 0.915. The molecule has 3 amide bonds. The van der Waals surface area contributed by atoms with Crippen LogP contribution in [0.5, 0.6) is 0 Å². The minimum atomic E-state index is -3.23. The largest absolute Gasteiger partial charge is 0.477 e. The van der Waals surface area contributed by atoms with E-state index in [4.69, 9.17) is 47.5 Å². The van der Waals surface area contributed by atoms with Gasteiger partial charge in [0, 0.05) is 81.4 Å². The zero-order valence-electron chi connectivity index (χ0n) is 46.4. The summed E-state index contributed by atoms with van der Waals surface area (Å²) in [5.74, 6) is -6.79. The number of hydrogen-bond donors (Lipinski definition) is 20. The Morgan fingerprint density at radius 3 is 1.89 bits per heavy atom. The molecule has 35 heteroatoms. The van der Waals surface area contributed by atoms with Gasteiger partial charge in [0.2, 0.25) is 17.7 Å². The number of nitrogens with one attached hydrogen (secondary N) is 3. The van der Waals surface area contributed by atoms with Crippen LogP contribution in [0.4, 0.5) is 0 Å². The van der Waals surface area contributed by atoms with Crippen LogP contribution < -0.4 is 16.0 Å². The molecule has 2 fully saturated rings. The van der Waals surface area contributed by atoms with Gasteiger partial charge in [-0.15, -0.1) is 0 Å². The Bertz CT molecular complexity index is 1850. The zero-order valence-corrected chi connectivity index (χ0v) is 47.3. The molecule has 482 valence electrons. The van der Waals surface area contributed by atoms with Crippen molar-refractivity contribution < 1.29 is 148 Å². The number of aliphatic hydroxyl groups excluding tert-OH is 15. The monoisotopic (exact) mass is 1220 g/mol. The molecule has 34 nitrogen and oxygen atoms in total. The third kappa shape index (κ3) is 21.6. The number of nitrogens with zero attached hydrogens (tertiary/aromatic N) is 1. The van der Waals surface area contributed by atoms with E-state index in [-0.39, 0.29) is 25.5 Å². The fourth-order valence-corrected chi connectivity index (χ4v) is 9.20. The molecular weight excluding hydrogens is 1130 g/mol. The summed E-state index contributed by atoms with van der Waals surface area (Å²) in [4.78, 5) is 55.7. The first-order valence-electron chi connectivity index (χ1n) is 26.1. The first kappa shape index (κ1) is 75.3. The van der Waals surface area contributed by atoms with E-state index in [9.17, 15) is 101 Å². The molecule has 0 aromatic heterocycles. The van der Waals surface area contributed by atoms with Crippen molar-refractivity contribution in [3.8, 4) is 0 Å². The summed E-state index contributed by atoms with van der Waals surface area (Å²) in [5.41, 5.74) is 0. The van der Waals surface area contributed by atoms with Gasteiger partial charge >= 0.3 is 5.97 Å². The average Bonchev–Trinajstić information content (AvgIpc) is 3.51. The standard InChI is InChI=1S/C47H88N4O30S/c1-21(57)49-30-25(61)18-47(46(70)71,81-41(30)32(64)26(62)19-55)80-39(24(60)10-14-53)37(69)44(74-6)78-38(23(59)9-13-52)31(50-22(2)58)43(73-5)79-40-28(20-56)77-45(36(68)34(40)66)76-27(11-15-54)33(65)35(67)42(72-4)51(3)75-16-12-48-29(63)8-7-17-82/h23-28,30-45,52-56,59-62,64-69,82H,7-20H2,1-6H3,(H,48,63)(H,49,57)(H,50,58)(H,70,71)/t23-,24-,25?,26+,27+,28?,30+,31?,32?,33?,34?,35?,36?,37?,38?,39?,40-,41?,42+,43-,44-,45+,47+/m0/s1. The Hall–Kier alpha value is -2.81. The molecule has 2 saturated heterocycles. The van der Waals surface area contributed by atoms with Crippen LogP contribution in [0, 0.1) is 0 Å². The molecule has 0 saturated carbocycles. The van der Waals surface area contributed by atoms with Gasteiger partial charge in [-0.3, -0.25) is 19.2 Å². The van der Waals surface area contributed by atoms with E-state index < -0.39 is 217 Å². The first-order chi connectivity index (χ1) is 38.7. The van der Waals surface area contributed by atoms with Gasteiger partial charge < -0.3 is 140 Å². The lowest BCUT2D eigenvalue weighted by molar-refractivity contribution is -0.352. The number of carbonyl (C=O) groups is 4. The highest BCUT2D eigenvalue weighted by Gasteiger charge is 2.59. The molecule has 0 radical (unpaired) electrons. The molecule has 23 atom stereocenters. The maximum atomic E-state index is 13.1. The number of hydroxylamine groups is 2. The summed E-state index contributed by atoms with van der Waals surface area (Å²) in [6, 6.07) is -3.56. The summed E-state index contributed by atoms with van der Waals surface area (Å²) in [6.07, 6.45) is -42.5. The lowest BCUT2D eigenvalue weighted by atomic mass is 9.88. The van der Waals surface area contributed by atoms with Crippen LogP contribution in [-0.2, 0) is 66.6 Å². The van der Waals surface area contributed by atoms with E-state index in [1.807, 2.05) is 0 Å². The Balaban J connectivity index is 2.54. The summed E-state index contributed by atoms with van der Waals surface area (Å²) in [7, 11) is 4.39. The average molecular weight is 1220 g/mol. The Morgan fingerprint density at radius 2 is 1.38 bits per heavy atom. The number of thiol groups is 1. The van der Waals surface area contributed by atoms with Crippen LogP contribution in [0.2, 0.25) is 0 Å². The summed E-state index contributed by atoms with van der Waals surface area (Å²) >= 11 is 4.07. The molecule has 0 bridgehead atoms. The zero-order chi connectivity index (χ0) is 62.2. The van der Waals surface area contributed by atoms with Crippen molar-refractivity contribution in [3.63, 3.8) is 0 Å². The van der Waals surface area contributed by atoms with Crippen molar-refractivity contribution in [2.75, 3.05) is 80.3 Å². The molecule has 82 heavy (non-hydrogen) atoms. The number of rotatable bonds is 41. The van der Waals surface area contributed by atoms with E-state index in [0.717, 1.165) is 33.1 Å². The van der Waals surface area contributed by atoms with E-state index in [0.29, 0.717) is 12.2 Å². The van der Waals surface area contributed by atoms with Gasteiger partial charge in [0.05, 0.1) is 50.3 Å². The lowest BCUT2D eigenvalue weighted by Gasteiger charge is -2.48. The Labute approximate surface area is 478 Å². The van der Waals surface area contributed by atoms with Crippen molar-refractivity contribution in [2.45, 2.75) is 193 Å². The number of carboxylic acid groups (broad SMARTS) is 1.